The van der Waals surface area contributed by atoms with E-state index >= 15 is 0 Å². The molecule has 0 atom stereocenters. The van der Waals surface area contributed by atoms with Crippen molar-refractivity contribution >= 4 is 72.3 Å². The molecule has 0 aliphatic rings. The predicted molar refractivity (Wildman–Crippen MR) is 91.7 cm³/mol. The zero-order valence-electron chi connectivity index (χ0n) is 10.4. The summed E-state index contributed by atoms with van der Waals surface area (Å²) in [6, 6.07) is 8.86. The maximum Gasteiger partial charge on any atom is 0.268 e. The van der Waals surface area contributed by atoms with Crippen LogP contribution in [0.5, 0.6) is 0 Å². The van der Waals surface area contributed by atoms with Crippen molar-refractivity contribution in [3.63, 3.8) is 0 Å². The van der Waals surface area contributed by atoms with E-state index in [1.807, 2.05) is 6.07 Å². The molecule has 0 unspecified atom stereocenters. The smallest absolute Gasteiger partial charge is 0.268 e. The summed E-state index contributed by atoms with van der Waals surface area (Å²) in [5, 5.41) is 4.59. The summed E-state index contributed by atoms with van der Waals surface area (Å²) in [6.45, 7) is 0. The summed E-state index contributed by atoms with van der Waals surface area (Å²) in [5.41, 5.74) is 0. The lowest BCUT2D eigenvalue weighted by Crippen LogP contribution is -2.11. The summed E-state index contributed by atoms with van der Waals surface area (Å²) in [6.07, 6.45) is 1.61. The number of pyridine rings is 1. The first kappa shape index (κ1) is 14.8. The third-order valence-corrected chi connectivity index (χ3v) is 5.13. The number of hydrogen-bond acceptors (Lipinski definition) is 3. The monoisotopic (exact) mass is 400 g/mol. The van der Waals surface area contributed by atoms with E-state index in [1.54, 1.807) is 30.5 Å². The first-order valence-corrected chi connectivity index (χ1v) is 8.21. The van der Waals surface area contributed by atoms with Gasteiger partial charge >= 0.3 is 0 Å². The van der Waals surface area contributed by atoms with E-state index in [-0.39, 0.29) is 5.91 Å². The molecule has 7 heteroatoms. The van der Waals surface area contributed by atoms with Gasteiger partial charge in [0.05, 0.1) is 5.02 Å². The second kappa shape index (κ2) is 5.93. The van der Waals surface area contributed by atoms with Crippen LogP contribution in [0.2, 0.25) is 10.0 Å². The summed E-state index contributed by atoms with van der Waals surface area (Å²) in [7, 11) is 0. The third kappa shape index (κ3) is 3.06. The van der Waals surface area contributed by atoms with Crippen LogP contribution in [-0.2, 0) is 0 Å². The summed E-state index contributed by atoms with van der Waals surface area (Å²) in [5.74, 6) is 0.182. The fourth-order valence-corrected chi connectivity index (χ4v) is 3.73. The van der Waals surface area contributed by atoms with Crippen LogP contribution in [0.15, 0.2) is 41.0 Å². The summed E-state index contributed by atoms with van der Waals surface area (Å²) in [4.78, 5) is 16.9. The number of thiophene rings is 1. The minimum Gasteiger partial charge on any atom is -0.306 e. The van der Waals surface area contributed by atoms with Crippen LogP contribution in [0.1, 0.15) is 9.67 Å². The van der Waals surface area contributed by atoms with Gasteiger partial charge in [0, 0.05) is 25.8 Å². The van der Waals surface area contributed by atoms with Gasteiger partial charge in [-0.05, 0) is 40.2 Å². The van der Waals surface area contributed by atoms with E-state index in [2.05, 4.69) is 26.2 Å². The molecule has 3 aromatic rings. The molecule has 21 heavy (non-hydrogen) atoms. The number of nitrogens with zero attached hydrogens (tertiary/aromatic N) is 1. The van der Waals surface area contributed by atoms with Crippen LogP contribution in [0, 0.1) is 0 Å². The number of fused-ring (bicyclic) bond motifs is 1. The van der Waals surface area contributed by atoms with Crippen LogP contribution < -0.4 is 5.32 Å². The molecule has 106 valence electrons. The third-order valence-electron chi connectivity index (χ3n) is 2.77. The normalized spacial score (nSPS) is 10.8. The first-order valence-electron chi connectivity index (χ1n) is 5.85. The zero-order chi connectivity index (χ0) is 15.0. The van der Waals surface area contributed by atoms with E-state index in [0.29, 0.717) is 20.7 Å². The van der Waals surface area contributed by atoms with E-state index in [0.717, 1.165) is 14.6 Å². The molecule has 0 saturated carbocycles. The molecule has 0 aliphatic carbocycles. The number of hydrogen-bond donors (Lipinski definition) is 1. The Morgan fingerprint density at radius 1 is 1.24 bits per heavy atom. The lowest BCUT2D eigenvalue weighted by atomic mass is 10.2. The number of rotatable bonds is 2. The number of benzene rings is 1. The minimum absolute atomic E-state index is 0.285. The maximum atomic E-state index is 12.3. The molecule has 2 aromatic heterocycles. The van der Waals surface area contributed by atoms with Crippen molar-refractivity contribution in [3.05, 3.63) is 55.9 Å². The highest BCUT2D eigenvalue weighted by molar-refractivity contribution is 9.10. The highest BCUT2D eigenvalue weighted by Gasteiger charge is 2.17. The summed E-state index contributed by atoms with van der Waals surface area (Å²) >= 11 is 16.8. The van der Waals surface area contributed by atoms with Crippen molar-refractivity contribution in [1.29, 1.82) is 0 Å². The molecule has 1 N–H and O–H groups in total. The van der Waals surface area contributed by atoms with Gasteiger partial charge in [0.25, 0.3) is 5.91 Å². The van der Waals surface area contributed by atoms with E-state index in [9.17, 15) is 4.79 Å². The van der Waals surface area contributed by atoms with Crippen LogP contribution in [0.25, 0.3) is 10.1 Å². The van der Waals surface area contributed by atoms with Gasteiger partial charge in [-0.25, -0.2) is 4.98 Å². The van der Waals surface area contributed by atoms with Gasteiger partial charge in [0.1, 0.15) is 10.7 Å². The van der Waals surface area contributed by atoms with E-state index in [4.69, 9.17) is 23.2 Å². The van der Waals surface area contributed by atoms with Gasteiger partial charge in [-0.15, -0.1) is 11.3 Å². The van der Waals surface area contributed by atoms with Gasteiger partial charge in [-0.2, -0.15) is 0 Å². The highest BCUT2D eigenvalue weighted by Crippen LogP contribution is 2.37. The highest BCUT2D eigenvalue weighted by atomic mass is 79.9. The summed E-state index contributed by atoms with van der Waals surface area (Å²) < 4.78 is 1.72. The molecule has 3 nitrogen and oxygen atoms in total. The SMILES string of the molecule is O=C(Nc1ccc(Br)cn1)c1sc2cc(Cl)ccc2c1Cl. The van der Waals surface area contributed by atoms with Gasteiger partial charge in [0.2, 0.25) is 0 Å². The van der Waals surface area contributed by atoms with Crippen molar-refractivity contribution in [1.82, 2.24) is 4.98 Å². The Morgan fingerprint density at radius 3 is 2.76 bits per heavy atom. The van der Waals surface area contributed by atoms with Crippen molar-refractivity contribution in [2.45, 2.75) is 0 Å². The lowest BCUT2D eigenvalue weighted by molar-refractivity contribution is 0.103. The molecular formula is C14H7BrCl2N2OS. The standard InChI is InChI=1S/C14H7BrCl2N2OS/c15-7-1-4-11(18-6-7)19-14(20)13-12(17)9-3-2-8(16)5-10(9)21-13/h1-6H,(H,18,19,20). The average Bonchev–Trinajstić information content (AvgIpc) is 2.78. The molecular weight excluding hydrogens is 395 g/mol. The van der Waals surface area contributed by atoms with E-state index in [1.165, 1.54) is 11.3 Å². The Bertz CT molecular complexity index is 833. The van der Waals surface area contributed by atoms with Crippen molar-refractivity contribution in [3.8, 4) is 0 Å². The number of nitrogens with one attached hydrogen (secondary N) is 1. The van der Waals surface area contributed by atoms with Crippen LogP contribution in [-0.4, -0.2) is 10.9 Å². The number of carbonyl (C=O) groups is 1. The largest absolute Gasteiger partial charge is 0.306 e. The second-order valence-electron chi connectivity index (χ2n) is 4.20. The topological polar surface area (TPSA) is 42.0 Å². The van der Waals surface area contributed by atoms with Gasteiger partial charge in [-0.1, -0.05) is 29.3 Å². The quantitative estimate of drug-likeness (QED) is 0.605. The molecule has 1 amide bonds. The number of amides is 1. The van der Waals surface area contributed by atoms with Crippen LogP contribution in [0.4, 0.5) is 5.82 Å². The molecule has 1 aromatic carbocycles. The van der Waals surface area contributed by atoms with Gasteiger partial charge in [-0.3, -0.25) is 4.79 Å². The Balaban J connectivity index is 1.94. The zero-order valence-corrected chi connectivity index (χ0v) is 14.3. The fraction of sp³-hybridized carbons (Fsp3) is 0. The number of halogens is 3. The molecule has 0 spiro atoms. The molecule has 0 radical (unpaired) electrons. The Morgan fingerprint density at radius 2 is 2.05 bits per heavy atom. The first-order chi connectivity index (χ1) is 10.0. The minimum atomic E-state index is -0.285. The Kier molecular flexibility index (Phi) is 4.17. The van der Waals surface area contributed by atoms with Gasteiger partial charge < -0.3 is 5.32 Å². The Labute approximate surface area is 143 Å². The van der Waals surface area contributed by atoms with Crippen molar-refractivity contribution in [2.75, 3.05) is 5.32 Å². The molecule has 0 bridgehead atoms. The molecule has 3 rings (SSSR count). The molecule has 2 heterocycles. The van der Waals surface area contributed by atoms with Gasteiger partial charge in [0.15, 0.2) is 0 Å². The van der Waals surface area contributed by atoms with Crippen LogP contribution >= 0.6 is 50.5 Å². The average molecular weight is 402 g/mol. The van der Waals surface area contributed by atoms with Crippen LogP contribution in [0.3, 0.4) is 0 Å². The number of carbonyl (C=O) groups excluding carboxylic acids is 1. The maximum absolute atomic E-state index is 12.3. The molecule has 0 saturated heterocycles. The predicted octanol–water partition coefficient (Wildman–Crippen LogP) is 5.62. The van der Waals surface area contributed by atoms with E-state index < -0.39 is 0 Å². The van der Waals surface area contributed by atoms with Crippen molar-refractivity contribution in [2.24, 2.45) is 0 Å². The molecule has 0 fully saturated rings. The van der Waals surface area contributed by atoms with Crippen molar-refractivity contribution < 1.29 is 4.79 Å². The second-order valence-corrected chi connectivity index (χ2v) is 6.98. The molecule has 0 aliphatic heterocycles. The number of aromatic nitrogens is 1. The Hall–Kier alpha value is -1.14. The number of anilines is 1. The lowest BCUT2D eigenvalue weighted by Gasteiger charge is -2.02. The fourth-order valence-electron chi connectivity index (χ4n) is 1.81.